The molecular weight excluding hydrogens is 314 g/mol. The van der Waals surface area contributed by atoms with Gasteiger partial charge in [-0.25, -0.2) is 0 Å². The molecule has 1 aromatic carbocycles. The molecule has 1 atom stereocenters. The Kier molecular flexibility index (Phi) is 7.41. The first kappa shape index (κ1) is 19.9. The lowest BCUT2D eigenvalue weighted by molar-refractivity contribution is -0.128. The van der Waals surface area contributed by atoms with Crippen LogP contribution < -0.4 is 5.32 Å². The normalized spacial score (nSPS) is 19.5. The molecule has 140 valence electrons. The summed E-state index contributed by atoms with van der Waals surface area (Å²) < 4.78 is 5.02. The molecule has 0 radical (unpaired) electrons. The van der Waals surface area contributed by atoms with Gasteiger partial charge in [0.15, 0.2) is 0 Å². The van der Waals surface area contributed by atoms with Crippen molar-refractivity contribution < 1.29 is 9.53 Å². The average Bonchev–Trinajstić information content (AvgIpc) is 2.60. The Bertz CT molecular complexity index is 533. The van der Waals surface area contributed by atoms with Crippen LogP contribution >= 0.6 is 0 Å². The number of carbonyl (C=O) groups is 1. The van der Waals surface area contributed by atoms with Crippen LogP contribution in [0.1, 0.15) is 32.8 Å². The minimum absolute atomic E-state index is 0.0404. The van der Waals surface area contributed by atoms with Crippen molar-refractivity contribution in [3.63, 3.8) is 0 Å². The van der Waals surface area contributed by atoms with Crippen molar-refractivity contribution in [1.82, 2.24) is 15.1 Å². The highest BCUT2D eigenvalue weighted by atomic mass is 16.5. The lowest BCUT2D eigenvalue weighted by Gasteiger charge is -2.48. The molecule has 5 heteroatoms. The standard InChI is InChI=1S/C20H33N3O2/c1-17(19(24)21-11-8-14-25-4)22-12-13-23(20(2,3)16-22)15-18-9-6-5-7-10-18/h5-7,9-10,17H,8,11-16H2,1-4H3,(H,21,24). The molecule has 0 saturated carbocycles. The van der Waals surface area contributed by atoms with Gasteiger partial charge in [0, 0.05) is 52.0 Å². The van der Waals surface area contributed by atoms with Gasteiger partial charge in [0.2, 0.25) is 5.91 Å². The van der Waals surface area contributed by atoms with Crippen LogP contribution in [-0.4, -0.2) is 67.2 Å². The molecule has 0 spiro atoms. The number of hydrogen-bond donors (Lipinski definition) is 1. The number of carbonyl (C=O) groups excluding carboxylic acids is 1. The molecule has 1 heterocycles. The van der Waals surface area contributed by atoms with Gasteiger partial charge in [-0.05, 0) is 32.8 Å². The first-order chi connectivity index (χ1) is 11.9. The molecule has 25 heavy (non-hydrogen) atoms. The summed E-state index contributed by atoms with van der Waals surface area (Å²) in [7, 11) is 1.68. The van der Waals surface area contributed by atoms with Gasteiger partial charge in [-0.2, -0.15) is 0 Å². The van der Waals surface area contributed by atoms with E-state index in [-0.39, 0.29) is 17.5 Å². The average molecular weight is 348 g/mol. The quantitative estimate of drug-likeness (QED) is 0.732. The van der Waals surface area contributed by atoms with Gasteiger partial charge < -0.3 is 10.1 Å². The molecule has 1 fully saturated rings. The van der Waals surface area contributed by atoms with Gasteiger partial charge in [0.25, 0.3) is 0 Å². The highest BCUT2D eigenvalue weighted by molar-refractivity contribution is 5.81. The van der Waals surface area contributed by atoms with E-state index in [0.717, 1.165) is 32.6 Å². The summed E-state index contributed by atoms with van der Waals surface area (Å²) >= 11 is 0. The monoisotopic (exact) mass is 347 g/mol. The van der Waals surface area contributed by atoms with Crippen molar-refractivity contribution in [2.24, 2.45) is 0 Å². The predicted molar refractivity (Wildman–Crippen MR) is 101 cm³/mol. The molecular formula is C20H33N3O2. The fraction of sp³-hybridized carbons (Fsp3) is 0.650. The summed E-state index contributed by atoms with van der Waals surface area (Å²) in [5, 5.41) is 3.02. The van der Waals surface area contributed by atoms with Crippen molar-refractivity contribution >= 4 is 5.91 Å². The largest absolute Gasteiger partial charge is 0.385 e. The lowest BCUT2D eigenvalue weighted by atomic mass is 9.96. The molecule has 1 aromatic rings. The minimum Gasteiger partial charge on any atom is -0.385 e. The Morgan fingerprint density at radius 1 is 1.28 bits per heavy atom. The van der Waals surface area contributed by atoms with Crippen LogP contribution in [0.5, 0.6) is 0 Å². The molecule has 5 nitrogen and oxygen atoms in total. The molecule has 1 aliphatic rings. The summed E-state index contributed by atoms with van der Waals surface area (Å²) in [6.45, 7) is 11.7. The highest BCUT2D eigenvalue weighted by Crippen LogP contribution is 2.24. The summed E-state index contributed by atoms with van der Waals surface area (Å²) in [6.07, 6.45) is 0.852. The SMILES string of the molecule is COCCCNC(=O)C(C)N1CCN(Cc2ccccc2)C(C)(C)C1. The molecule has 1 unspecified atom stereocenters. The fourth-order valence-corrected chi connectivity index (χ4v) is 3.40. The van der Waals surface area contributed by atoms with Crippen molar-refractivity contribution in [2.45, 2.75) is 45.3 Å². The van der Waals surface area contributed by atoms with Crippen LogP contribution in [0.3, 0.4) is 0 Å². The van der Waals surface area contributed by atoms with E-state index in [1.54, 1.807) is 7.11 Å². The first-order valence-electron chi connectivity index (χ1n) is 9.24. The Hall–Kier alpha value is -1.43. The maximum Gasteiger partial charge on any atom is 0.237 e. The van der Waals surface area contributed by atoms with E-state index in [9.17, 15) is 4.79 Å². The number of nitrogens with one attached hydrogen (secondary N) is 1. The Morgan fingerprint density at radius 2 is 2.00 bits per heavy atom. The van der Waals surface area contributed by atoms with E-state index in [0.29, 0.717) is 13.2 Å². The van der Waals surface area contributed by atoms with Crippen LogP contribution in [0.2, 0.25) is 0 Å². The molecule has 0 aromatic heterocycles. The molecule has 1 saturated heterocycles. The van der Waals surface area contributed by atoms with Crippen LogP contribution in [0.25, 0.3) is 0 Å². The minimum atomic E-state index is -0.0966. The molecule has 1 amide bonds. The van der Waals surface area contributed by atoms with Gasteiger partial charge in [0.1, 0.15) is 0 Å². The van der Waals surface area contributed by atoms with Gasteiger partial charge >= 0.3 is 0 Å². The first-order valence-corrected chi connectivity index (χ1v) is 9.24. The zero-order valence-corrected chi connectivity index (χ0v) is 16.1. The topological polar surface area (TPSA) is 44.8 Å². The van der Waals surface area contributed by atoms with Crippen molar-refractivity contribution in [3.05, 3.63) is 35.9 Å². The number of nitrogens with zero attached hydrogens (tertiary/aromatic N) is 2. The van der Waals surface area contributed by atoms with Crippen molar-refractivity contribution in [1.29, 1.82) is 0 Å². The van der Waals surface area contributed by atoms with Gasteiger partial charge in [0.05, 0.1) is 6.04 Å². The molecule has 0 aliphatic carbocycles. The van der Waals surface area contributed by atoms with Gasteiger partial charge in [-0.1, -0.05) is 30.3 Å². The second kappa shape index (κ2) is 9.32. The van der Waals surface area contributed by atoms with E-state index >= 15 is 0 Å². The molecule has 0 bridgehead atoms. The van der Waals surface area contributed by atoms with Gasteiger partial charge in [-0.3, -0.25) is 14.6 Å². The molecule has 1 aliphatic heterocycles. The second-order valence-electron chi connectivity index (χ2n) is 7.50. The van der Waals surface area contributed by atoms with E-state index in [1.807, 2.05) is 6.92 Å². The van der Waals surface area contributed by atoms with Crippen LogP contribution in [0, 0.1) is 0 Å². The van der Waals surface area contributed by atoms with Gasteiger partial charge in [-0.15, -0.1) is 0 Å². The number of hydrogen-bond acceptors (Lipinski definition) is 4. The maximum absolute atomic E-state index is 12.4. The Morgan fingerprint density at radius 3 is 2.64 bits per heavy atom. The van der Waals surface area contributed by atoms with Crippen LogP contribution in [-0.2, 0) is 16.1 Å². The predicted octanol–water partition coefficient (Wildman–Crippen LogP) is 2.12. The second-order valence-corrected chi connectivity index (χ2v) is 7.50. The van der Waals surface area contributed by atoms with Crippen molar-refractivity contribution in [2.75, 3.05) is 39.9 Å². The Labute approximate surface area is 152 Å². The number of rotatable bonds is 8. The van der Waals surface area contributed by atoms with E-state index < -0.39 is 0 Å². The third-order valence-electron chi connectivity index (χ3n) is 5.07. The van der Waals surface area contributed by atoms with E-state index in [4.69, 9.17) is 4.74 Å². The van der Waals surface area contributed by atoms with E-state index in [1.165, 1.54) is 5.56 Å². The van der Waals surface area contributed by atoms with Crippen LogP contribution in [0.4, 0.5) is 0 Å². The smallest absolute Gasteiger partial charge is 0.237 e. The number of benzene rings is 1. The summed E-state index contributed by atoms with van der Waals surface area (Å²) in [5.74, 6) is 0.114. The summed E-state index contributed by atoms with van der Waals surface area (Å²) in [4.78, 5) is 17.2. The van der Waals surface area contributed by atoms with E-state index in [2.05, 4.69) is 59.3 Å². The number of amides is 1. The Balaban J connectivity index is 1.87. The van der Waals surface area contributed by atoms with Crippen molar-refractivity contribution in [3.8, 4) is 0 Å². The number of methoxy groups -OCH3 is 1. The molecule has 2 rings (SSSR count). The maximum atomic E-state index is 12.4. The summed E-state index contributed by atoms with van der Waals surface area (Å²) in [5.41, 5.74) is 1.38. The lowest BCUT2D eigenvalue weighted by Crippen LogP contribution is -2.62. The third kappa shape index (κ3) is 5.80. The zero-order chi connectivity index (χ0) is 18.3. The number of ether oxygens (including phenoxy) is 1. The summed E-state index contributed by atoms with van der Waals surface area (Å²) in [6, 6.07) is 10.5. The highest BCUT2D eigenvalue weighted by Gasteiger charge is 2.36. The zero-order valence-electron chi connectivity index (χ0n) is 16.1. The number of piperazine rings is 1. The molecule has 1 N–H and O–H groups in total. The third-order valence-corrected chi connectivity index (χ3v) is 5.07. The van der Waals surface area contributed by atoms with Crippen LogP contribution in [0.15, 0.2) is 30.3 Å². The fourth-order valence-electron chi connectivity index (χ4n) is 3.40.